The van der Waals surface area contributed by atoms with E-state index in [2.05, 4.69) is 14.9 Å². The van der Waals surface area contributed by atoms with Crippen LogP contribution in [0.1, 0.15) is 37.9 Å². The van der Waals surface area contributed by atoms with Crippen molar-refractivity contribution >= 4 is 29.4 Å². The van der Waals surface area contributed by atoms with Gasteiger partial charge in [-0.2, -0.15) is 14.6 Å². The molecule has 0 aliphatic carbocycles. The number of nitriles is 1. The van der Waals surface area contributed by atoms with Gasteiger partial charge in [0.15, 0.2) is 12.5 Å². The van der Waals surface area contributed by atoms with Crippen molar-refractivity contribution in [3.05, 3.63) is 70.7 Å². The van der Waals surface area contributed by atoms with Gasteiger partial charge in [-0.3, -0.25) is 14.6 Å². The summed E-state index contributed by atoms with van der Waals surface area (Å²) in [5, 5.41) is 16.6. The van der Waals surface area contributed by atoms with Gasteiger partial charge >= 0.3 is 11.8 Å². The van der Waals surface area contributed by atoms with Gasteiger partial charge in [0.1, 0.15) is 6.07 Å². The Labute approximate surface area is 212 Å². The van der Waals surface area contributed by atoms with E-state index < -0.39 is 35.4 Å². The third kappa shape index (κ3) is 5.73. The molecule has 0 spiro atoms. The van der Waals surface area contributed by atoms with E-state index in [0.717, 1.165) is 9.36 Å². The standard InChI is InChI=1S/C21H18Cl2N6O7/c1-4-34-21(33)35-9-28-19(31)12(10(2)3)7-16(27-28)36-17-13(22)5-11(6-14(17)23)29-20(32)25-18(30)15(8-24)26-29/h5-7,10H,4,9H2,1-3H3,(H,25,30,32). The lowest BCUT2D eigenvalue weighted by molar-refractivity contribution is 0.0315. The Balaban J connectivity index is 2.01. The summed E-state index contributed by atoms with van der Waals surface area (Å²) < 4.78 is 16.9. The van der Waals surface area contributed by atoms with Gasteiger partial charge in [0.25, 0.3) is 11.1 Å². The fourth-order valence-electron chi connectivity index (χ4n) is 2.88. The van der Waals surface area contributed by atoms with Crippen LogP contribution in [0.25, 0.3) is 5.69 Å². The fraction of sp³-hybridized carbons (Fsp3) is 0.286. The van der Waals surface area contributed by atoms with Gasteiger partial charge in [-0.15, -0.1) is 10.2 Å². The van der Waals surface area contributed by atoms with Crippen LogP contribution in [-0.4, -0.2) is 37.3 Å². The Bertz CT molecular complexity index is 1510. The number of halogens is 2. The van der Waals surface area contributed by atoms with Crippen molar-refractivity contribution in [2.75, 3.05) is 6.61 Å². The number of aromatic amines is 1. The second kappa shape index (κ2) is 11.1. The topological polar surface area (TPSA) is 171 Å². The minimum absolute atomic E-state index is 0.0405. The molecule has 0 unspecified atom stereocenters. The molecule has 1 N–H and O–H groups in total. The summed E-state index contributed by atoms with van der Waals surface area (Å²) >= 11 is 12.7. The largest absolute Gasteiger partial charge is 0.510 e. The maximum absolute atomic E-state index is 12.7. The van der Waals surface area contributed by atoms with Crippen LogP contribution >= 0.6 is 23.2 Å². The van der Waals surface area contributed by atoms with Crippen LogP contribution in [0.4, 0.5) is 4.79 Å². The highest BCUT2D eigenvalue weighted by Gasteiger charge is 2.19. The fourth-order valence-corrected chi connectivity index (χ4v) is 3.43. The molecule has 0 bridgehead atoms. The number of ether oxygens (including phenoxy) is 3. The maximum Gasteiger partial charge on any atom is 0.510 e. The first-order valence-corrected chi connectivity index (χ1v) is 11.0. The number of hydrogen-bond donors (Lipinski definition) is 1. The predicted octanol–water partition coefficient (Wildman–Crippen LogP) is 2.70. The van der Waals surface area contributed by atoms with Crippen molar-refractivity contribution in [2.45, 2.75) is 33.4 Å². The molecule has 15 heteroatoms. The third-order valence-electron chi connectivity index (χ3n) is 4.54. The van der Waals surface area contributed by atoms with Crippen molar-refractivity contribution in [3.8, 4) is 23.4 Å². The van der Waals surface area contributed by atoms with Crippen LogP contribution in [0.5, 0.6) is 11.6 Å². The third-order valence-corrected chi connectivity index (χ3v) is 5.10. The molecular formula is C21H18Cl2N6O7. The molecule has 0 fully saturated rings. The lowest BCUT2D eigenvalue weighted by atomic mass is 10.1. The molecule has 36 heavy (non-hydrogen) atoms. The van der Waals surface area contributed by atoms with Crippen LogP contribution in [0, 0.1) is 11.3 Å². The summed E-state index contributed by atoms with van der Waals surface area (Å²) in [5.41, 5.74) is -2.56. The van der Waals surface area contributed by atoms with E-state index >= 15 is 0 Å². The molecule has 2 aromatic heterocycles. The lowest BCUT2D eigenvalue weighted by Crippen LogP contribution is -2.33. The summed E-state index contributed by atoms with van der Waals surface area (Å²) in [6.45, 7) is 4.71. The Morgan fingerprint density at radius 2 is 1.81 bits per heavy atom. The first kappa shape index (κ1) is 26.5. The Morgan fingerprint density at radius 3 is 2.39 bits per heavy atom. The summed E-state index contributed by atoms with van der Waals surface area (Å²) in [7, 11) is 0. The molecule has 0 saturated carbocycles. The number of hydrogen-bond acceptors (Lipinski definition) is 10. The average molecular weight is 537 g/mol. The zero-order valence-electron chi connectivity index (χ0n) is 19.1. The van der Waals surface area contributed by atoms with Gasteiger partial charge in [-0.1, -0.05) is 37.0 Å². The van der Waals surface area contributed by atoms with Gasteiger partial charge in [-0.25, -0.2) is 9.59 Å². The lowest BCUT2D eigenvalue weighted by Gasteiger charge is -2.15. The molecule has 1 aromatic carbocycles. The summed E-state index contributed by atoms with van der Waals surface area (Å²) in [6, 6.07) is 5.49. The zero-order chi connectivity index (χ0) is 26.6. The number of rotatable bonds is 7. The Morgan fingerprint density at radius 1 is 1.14 bits per heavy atom. The average Bonchev–Trinajstić information content (AvgIpc) is 2.81. The number of carbonyl (C=O) groups is 1. The van der Waals surface area contributed by atoms with Gasteiger partial charge < -0.3 is 14.2 Å². The molecule has 0 aliphatic heterocycles. The van der Waals surface area contributed by atoms with Gasteiger partial charge in [-0.05, 0) is 25.0 Å². The van der Waals surface area contributed by atoms with Gasteiger partial charge in [0.05, 0.1) is 22.3 Å². The second-order valence-corrected chi connectivity index (χ2v) is 8.14. The van der Waals surface area contributed by atoms with Crippen molar-refractivity contribution in [1.29, 1.82) is 5.26 Å². The first-order chi connectivity index (χ1) is 17.0. The molecule has 0 radical (unpaired) electrons. The van der Waals surface area contributed by atoms with Crippen LogP contribution in [0.2, 0.25) is 10.0 Å². The van der Waals surface area contributed by atoms with E-state index in [9.17, 15) is 19.2 Å². The summed E-state index contributed by atoms with van der Waals surface area (Å²) in [4.78, 5) is 50.0. The highest BCUT2D eigenvalue weighted by Crippen LogP contribution is 2.37. The molecule has 188 valence electrons. The van der Waals surface area contributed by atoms with Crippen molar-refractivity contribution in [1.82, 2.24) is 24.5 Å². The smallest absolute Gasteiger partial charge is 0.435 e. The van der Waals surface area contributed by atoms with E-state index in [0.29, 0.717) is 5.56 Å². The number of carbonyl (C=O) groups excluding carboxylic acids is 1. The van der Waals surface area contributed by atoms with Crippen molar-refractivity contribution in [2.24, 2.45) is 0 Å². The number of benzene rings is 1. The van der Waals surface area contributed by atoms with E-state index in [1.54, 1.807) is 26.8 Å². The van der Waals surface area contributed by atoms with Crippen LogP contribution in [0.3, 0.4) is 0 Å². The van der Waals surface area contributed by atoms with E-state index in [-0.39, 0.29) is 39.9 Å². The second-order valence-electron chi connectivity index (χ2n) is 7.33. The van der Waals surface area contributed by atoms with Crippen molar-refractivity contribution < 1.29 is 19.0 Å². The van der Waals surface area contributed by atoms with Crippen LogP contribution in [-0.2, 0) is 16.2 Å². The Kier molecular flexibility index (Phi) is 8.13. The van der Waals surface area contributed by atoms with Crippen LogP contribution < -0.4 is 21.5 Å². The zero-order valence-corrected chi connectivity index (χ0v) is 20.6. The normalized spacial score (nSPS) is 10.7. The van der Waals surface area contributed by atoms with Crippen LogP contribution in [0.15, 0.2) is 32.6 Å². The quantitative estimate of drug-likeness (QED) is 0.442. The number of aromatic nitrogens is 5. The molecule has 13 nitrogen and oxygen atoms in total. The minimum Gasteiger partial charge on any atom is -0.435 e. The first-order valence-electron chi connectivity index (χ1n) is 10.3. The maximum atomic E-state index is 12.7. The van der Waals surface area contributed by atoms with E-state index in [1.165, 1.54) is 18.2 Å². The number of nitrogens with one attached hydrogen (secondary N) is 1. The SMILES string of the molecule is CCOC(=O)OCn1nc(Oc2c(Cl)cc(-n3nc(C#N)c(=O)[nH]c3=O)cc2Cl)cc(C(C)C)c1=O. The molecule has 2 heterocycles. The monoisotopic (exact) mass is 536 g/mol. The minimum atomic E-state index is -0.976. The van der Waals surface area contributed by atoms with Gasteiger partial charge in [0.2, 0.25) is 11.6 Å². The van der Waals surface area contributed by atoms with E-state index in [1.807, 2.05) is 4.98 Å². The molecule has 0 amide bonds. The van der Waals surface area contributed by atoms with Gasteiger partial charge in [0, 0.05) is 11.6 Å². The molecule has 0 saturated heterocycles. The number of H-pyrrole nitrogens is 1. The molecule has 3 aromatic rings. The highest BCUT2D eigenvalue weighted by molar-refractivity contribution is 6.37. The summed E-state index contributed by atoms with van der Waals surface area (Å²) in [6.07, 6.45) is -0.976. The highest BCUT2D eigenvalue weighted by atomic mass is 35.5. The molecule has 3 rings (SSSR count). The molecule has 0 atom stereocenters. The Hall–Kier alpha value is -4.15. The van der Waals surface area contributed by atoms with Crippen molar-refractivity contribution in [3.63, 3.8) is 0 Å². The number of nitrogens with zero attached hydrogens (tertiary/aromatic N) is 5. The molecule has 0 aliphatic rings. The molecular weight excluding hydrogens is 519 g/mol. The predicted molar refractivity (Wildman–Crippen MR) is 126 cm³/mol. The summed E-state index contributed by atoms with van der Waals surface area (Å²) in [5.74, 6) is -0.398. The van der Waals surface area contributed by atoms with E-state index in [4.69, 9.17) is 37.9 Å².